The van der Waals surface area contributed by atoms with Gasteiger partial charge in [0.05, 0.1) is 21.8 Å². The molecule has 2 unspecified atom stereocenters. The van der Waals surface area contributed by atoms with Gasteiger partial charge in [0.25, 0.3) is 0 Å². The van der Waals surface area contributed by atoms with Crippen LogP contribution in [0.25, 0.3) is 0 Å². The van der Waals surface area contributed by atoms with E-state index in [-0.39, 0.29) is 12.1 Å². The number of halogens is 2. The molecule has 4 heteroatoms. The number of benzene rings is 2. The molecule has 98 valence electrons. The molecule has 0 fully saturated rings. The minimum absolute atomic E-state index is 0.0756. The Balaban J connectivity index is 1.91. The maximum Gasteiger partial charge on any atom is 0.0823 e. The second-order valence-electron chi connectivity index (χ2n) is 4.77. The largest absolute Gasteiger partial charge is 0.377 e. The first kappa shape index (κ1) is 12.8. The fourth-order valence-corrected chi connectivity index (χ4v) is 2.97. The van der Waals surface area contributed by atoms with E-state index >= 15 is 0 Å². The lowest BCUT2D eigenvalue weighted by Gasteiger charge is -2.17. The summed E-state index contributed by atoms with van der Waals surface area (Å²) in [4.78, 5) is 0. The van der Waals surface area contributed by atoms with Gasteiger partial charge in [-0.15, -0.1) is 0 Å². The van der Waals surface area contributed by atoms with Crippen LogP contribution in [0.3, 0.4) is 0 Å². The number of nitrogens with one attached hydrogen (secondary N) is 1. The van der Waals surface area contributed by atoms with Crippen LogP contribution in [0.4, 0.5) is 5.69 Å². The molecule has 2 nitrogen and oxygen atoms in total. The van der Waals surface area contributed by atoms with Crippen molar-refractivity contribution in [2.75, 3.05) is 5.32 Å². The Kier molecular flexibility index (Phi) is 3.40. The van der Waals surface area contributed by atoms with Gasteiger partial charge >= 0.3 is 0 Å². The van der Waals surface area contributed by atoms with Crippen LogP contribution in [0.15, 0.2) is 42.5 Å². The number of fused-ring (bicyclic) bond motifs is 1. The molecular weight excluding hydrogens is 279 g/mol. The highest BCUT2D eigenvalue weighted by Crippen LogP contribution is 2.41. The van der Waals surface area contributed by atoms with E-state index in [1.807, 2.05) is 24.3 Å². The summed E-state index contributed by atoms with van der Waals surface area (Å²) < 4.78 is 0. The van der Waals surface area contributed by atoms with Gasteiger partial charge in [-0.2, -0.15) is 0 Å². The van der Waals surface area contributed by atoms with E-state index in [9.17, 15) is 0 Å². The van der Waals surface area contributed by atoms with Gasteiger partial charge in [0.2, 0.25) is 0 Å². The number of hydrogen-bond acceptors (Lipinski definition) is 2. The Morgan fingerprint density at radius 3 is 2.53 bits per heavy atom. The van der Waals surface area contributed by atoms with Gasteiger partial charge in [0.15, 0.2) is 0 Å². The molecule has 0 heterocycles. The van der Waals surface area contributed by atoms with Crippen LogP contribution < -0.4 is 11.1 Å². The summed E-state index contributed by atoms with van der Waals surface area (Å²) in [5.74, 6) is 0. The lowest BCUT2D eigenvalue weighted by Crippen LogP contribution is -2.10. The third-order valence-corrected chi connectivity index (χ3v) is 4.36. The Hall–Kier alpha value is -1.22. The minimum atomic E-state index is 0.0756. The SMILES string of the molecule is NC1CC(Nc2cccc(Cl)c2Cl)c2ccccc21. The quantitative estimate of drug-likeness (QED) is 0.852. The lowest BCUT2D eigenvalue weighted by atomic mass is 10.1. The normalized spacial score (nSPS) is 21.2. The first-order valence-electron chi connectivity index (χ1n) is 6.22. The molecule has 2 atom stereocenters. The van der Waals surface area contributed by atoms with Crippen molar-refractivity contribution in [3.8, 4) is 0 Å². The molecule has 1 aliphatic carbocycles. The zero-order valence-corrected chi connectivity index (χ0v) is 11.7. The summed E-state index contributed by atoms with van der Waals surface area (Å²) >= 11 is 12.2. The monoisotopic (exact) mass is 292 g/mol. The van der Waals surface area contributed by atoms with Gasteiger partial charge < -0.3 is 11.1 Å². The maximum atomic E-state index is 6.21. The molecule has 0 aromatic heterocycles. The third kappa shape index (κ3) is 2.32. The number of nitrogens with two attached hydrogens (primary N) is 1. The summed E-state index contributed by atoms with van der Waals surface area (Å²) in [6.07, 6.45) is 0.863. The van der Waals surface area contributed by atoms with Crippen LogP contribution in [-0.2, 0) is 0 Å². The van der Waals surface area contributed by atoms with Crippen molar-refractivity contribution in [3.63, 3.8) is 0 Å². The Morgan fingerprint density at radius 2 is 1.74 bits per heavy atom. The topological polar surface area (TPSA) is 38.0 Å². The Morgan fingerprint density at radius 1 is 1.00 bits per heavy atom. The predicted octanol–water partition coefficient (Wildman–Crippen LogP) is 4.55. The van der Waals surface area contributed by atoms with Crippen molar-refractivity contribution >= 4 is 28.9 Å². The molecule has 0 saturated heterocycles. The average Bonchev–Trinajstić information content (AvgIpc) is 2.73. The van der Waals surface area contributed by atoms with Crippen molar-refractivity contribution in [1.29, 1.82) is 0 Å². The van der Waals surface area contributed by atoms with E-state index in [0.717, 1.165) is 12.1 Å². The Bertz CT molecular complexity index is 613. The van der Waals surface area contributed by atoms with Gasteiger partial charge in [0, 0.05) is 6.04 Å². The summed E-state index contributed by atoms with van der Waals surface area (Å²) in [5.41, 5.74) is 9.46. The summed E-state index contributed by atoms with van der Waals surface area (Å²) in [5, 5.41) is 4.56. The molecular formula is C15H14Cl2N2. The van der Waals surface area contributed by atoms with E-state index in [2.05, 4.69) is 17.4 Å². The molecule has 3 N–H and O–H groups in total. The molecule has 0 saturated carbocycles. The first-order chi connectivity index (χ1) is 9.16. The number of anilines is 1. The first-order valence-corrected chi connectivity index (χ1v) is 6.97. The molecule has 0 radical (unpaired) electrons. The highest BCUT2D eigenvalue weighted by Gasteiger charge is 2.28. The van der Waals surface area contributed by atoms with Gasteiger partial charge in [0.1, 0.15) is 0 Å². The smallest absolute Gasteiger partial charge is 0.0823 e. The number of rotatable bonds is 2. The fourth-order valence-electron chi connectivity index (χ4n) is 2.61. The van der Waals surface area contributed by atoms with Gasteiger partial charge in [-0.3, -0.25) is 0 Å². The van der Waals surface area contributed by atoms with Crippen molar-refractivity contribution in [2.24, 2.45) is 5.73 Å². The molecule has 0 aliphatic heterocycles. The maximum absolute atomic E-state index is 6.21. The van der Waals surface area contributed by atoms with Crippen molar-refractivity contribution in [3.05, 3.63) is 63.6 Å². The third-order valence-electron chi connectivity index (χ3n) is 3.54. The van der Waals surface area contributed by atoms with Gasteiger partial charge in [-0.05, 0) is 29.7 Å². The second kappa shape index (κ2) is 5.04. The van der Waals surface area contributed by atoms with Gasteiger partial charge in [-0.1, -0.05) is 53.5 Å². The van der Waals surface area contributed by atoms with Crippen LogP contribution >= 0.6 is 23.2 Å². The minimum Gasteiger partial charge on any atom is -0.377 e. The zero-order chi connectivity index (χ0) is 13.4. The fraction of sp³-hybridized carbons (Fsp3) is 0.200. The zero-order valence-electron chi connectivity index (χ0n) is 10.2. The molecule has 0 bridgehead atoms. The van der Waals surface area contributed by atoms with E-state index in [4.69, 9.17) is 28.9 Å². The second-order valence-corrected chi connectivity index (χ2v) is 5.55. The van der Waals surface area contributed by atoms with Crippen LogP contribution in [0, 0.1) is 0 Å². The van der Waals surface area contributed by atoms with Crippen molar-refractivity contribution in [2.45, 2.75) is 18.5 Å². The number of hydrogen-bond donors (Lipinski definition) is 2. The van der Waals surface area contributed by atoms with Crippen LogP contribution in [-0.4, -0.2) is 0 Å². The van der Waals surface area contributed by atoms with E-state index < -0.39 is 0 Å². The standard InChI is InChI=1S/C15H14Cl2N2/c16-11-6-3-7-13(15(11)17)19-14-8-12(18)9-4-1-2-5-10(9)14/h1-7,12,14,19H,8,18H2. The van der Waals surface area contributed by atoms with Crippen LogP contribution in [0.5, 0.6) is 0 Å². The van der Waals surface area contributed by atoms with E-state index in [1.54, 1.807) is 6.07 Å². The molecule has 2 aromatic carbocycles. The lowest BCUT2D eigenvalue weighted by molar-refractivity contribution is 0.648. The summed E-state index contributed by atoms with van der Waals surface area (Å²) in [6, 6.07) is 14.1. The molecule has 19 heavy (non-hydrogen) atoms. The molecule has 3 rings (SSSR count). The Labute approximate surface area is 122 Å². The van der Waals surface area contributed by atoms with E-state index in [1.165, 1.54) is 11.1 Å². The summed E-state index contributed by atoms with van der Waals surface area (Å²) in [6.45, 7) is 0. The predicted molar refractivity (Wildman–Crippen MR) is 80.8 cm³/mol. The molecule has 2 aromatic rings. The molecule has 0 spiro atoms. The van der Waals surface area contributed by atoms with Crippen LogP contribution in [0.2, 0.25) is 10.0 Å². The van der Waals surface area contributed by atoms with Crippen molar-refractivity contribution in [1.82, 2.24) is 0 Å². The highest BCUT2D eigenvalue weighted by atomic mass is 35.5. The van der Waals surface area contributed by atoms with Crippen molar-refractivity contribution < 1.29 is 0 Å². The molecule has 1 aliphatic rings. The molecule has 0 amide bonds. The van der Waals surface area contributed by atoms with Crippen LogP contribution in [0.1, 0.15) is 29.6 Å². The van der Waals surface area contributed by atoms with Gasteiger partial charge in [-0.25, -0.2) is 0 Å². The summed E-state index contributed by atoms with van der Waals surface area (Å²) in [7, 11) is 0. The average molecular weight is 293 g/mol. The van der Waals surface area contributed by atoms with E-state index in [0.29, 0.717) is 10.0 Å². The highest BCUT2D eigenvalue weighted by molar-refractivity contribution is 6.43.